The highest BCUT2D eigenvalue weighted by Gasteiger charge is 2.15. The van der Waals surface area contributed by atoms with Gasteiger partial charge in [0.05, 0.1) is 13.2 Å². The van der Waals surface area contributed by atoms with E-state index in [1.165, 1.54) is 19.2 Å². The van der Waals surface area contributed by atoms with Gasteiger partial charge in [-0.15, -0.1) is 0 Å². The van der Waals surface area contributed by atoms with Crippen molar-refractivity contribution in [3.05, 3.63) is 24.0 Å². The molecule has 0 aliphatic rings. The van der Waals surface area contributed by atoms with E-state index in [9.17, 15) is 9.18 Å². The Bertz CT molecular complexity index is 454. The summed E-state index contributed by atoms with van der Waals surface area (Å²) in [5.74, 6) is -1.61. The van der Waals surface area contributed by atoms with E-state index in [0.29, 0.717) is 12.1 Å². The van der Waals surface area contributed by atoms with Crippen LogP contribution in [0.3, 0.4) is 0 Å². The van der Waals surface area contributed by atoms with E-state index in [-0.39, 0.29) is 5.75 Å². The maximum absolute atomic E-state index is 13.3. The smallest absolute Gasteiger partial charge is 0.241 e. The minimum Gasteiger partial charge on any atom is -0.494 e. The number of hydrogen-bond acceptors (Lipinski definition) is 3. The molecule has 0 bridgehead atoms. The summed E-state index contributed by atoms with van der Waals surface area (Å²) < 4.78 is 18.1. The Kier molecular flexibility index (Phi) is 4.46. The van der Waals surface area contributed by atoms with Gasteiger partial charge in [0.2, 0.25) is 5.91 Å². The number of carbonyl (C=O) groups is 1. The number of nitrogens with one attached hydrogen (secondary N) is 1. The van der Waals surface area contributed by atoms with Gasteiger partial charge >= 0.3 is 0 Å². The van der Waals surface area contributed by atoms with Gasteiger partial charge in [0.15, 0.2) is 11.6 Å². The average Bonchev–Trinajstić information content (AvgIpc) is 2.31. The lowest BCUT2D eigenvalue weighted by Gasteiger charge is -2.09. The molecule has 0 aliphatic carbocycles. The Balaban J connectivity index is 2.79. The fourth-order valence-electron chi connectivity index (χ4n) is 1.31. The summed E-state index contributed by atoms with van der Waals surface area (Å²) in [5.41, 5.74) is 0.307. The van der Waals surface area contributed by atoms with Gasteiger partial charge < -0.3 is 10.1 Å². The molecular formula is C12H13FN2O2. The normalized spacial score (nSPS) is 11.4. The molecule has 90 valence electrons. The number of nitriles is 1. The van der Waals surface area contributed by atoms with E-state index in [2.05, 4.69) is 5.32 Å². The summed E-state index contributed by atoms with van der Waals surface area (Å²) >= 11 is 0. The molecule has 1 N–H and O–H groups in total. The van der Waals surface area contributed by atoms with E-state index >= 15 is 0 Å². The van der Waals surface area contributed by atoms with Crippen molar-refractivity contribution in [1.29, 1.82) is 5.26 Å². The number of benzene rings is 1. The Labute approximate surface area is 99.0 Å². The molecule has 0 fully saturated rings. The third-order valence-electron chi connectivity index (χ3n) is 2.30. The van der Waals surface area contributed by atoms with Crippen LogP contribution in [-0.2, 0) is 4.79 Å². The number of hydrogen-bond donors (Lipinski definition) is 1. The second-order valence-electron chi connectivity index (χ2n) is 3.43. The average molecular weight is 236 g/mol. The summed E-state index contributed by atoms with van der Waals surface area (Å²) in [7, 11) is 1.36. The van der Waals surface area contributed by atoms with Gasteiger partial charge in [-0.25, -0.2) is 4.39 Å². The van der Waals surface area contributed by atoms with Crippen molar-refractivity contribution in [1.82, 2.24) is 0 Å². The van der Waals surface area contributed by atoms with E-state index < -0.39 is 17.6 Å². The fourth-order valence-corrected chi connectivity index (χ4v) is 1.31. The van der Waals surface area contributed by atoms with Gasteiger partial charge in [-0.1, -0.05) is 6.92 Å². The first-order chi connectivity index (χ1) is 8.12. The van der Waals surface area contributed by atoms with Crippen molar-refractivity contribution in [3.63, 3.8) is 0 Å². The number of rotatable bonds is 4. The number of nitrogens with zero attached hydrogens (tertiary/aromatic N) is 1. The number of amides is 1. The molecule has 0 spiro atoms. The van der Waals surface area contributed by atoms with Crippen molar-refractivity contribution in [2.45, 2.75) is 13.3 Å². The van der Waals surface area contributed by atoms with Crippen LogP contribution < -0.4 is 10.1 Å². The van der Waals surface area contributed by atoms with Gasteiger partial charge in [-0.2, -0.15) is 5.26 Å². The lowest BCUT2D eigenvalue weighted by atomic mass is 10.1. The summed E-state index contributed by atoms with van der Waals surface area (Å²) in [6, 6.07) is 5.96. The molecule has 1 unspecified atom stereocenters. The lowest BCUT2D eigenvalue weighted by Crippen LogP contribution is -2.20. The lowest BCUT2D eigenvalue weighted by molar-refractivity contribution is -0.118. The van der Waals surface area contributed by atoms with Crippen LogP contribution >= 0.6 is 0 Å². The Morgan fingerprint density at radius 3 is 2.82 bits per heavy atom. The van der Waals surface area contributed by atoms with Crippen molar-refractivity contribution in [2.75, 3.05) is 12.4 Å². The first-order valence-corrected chi connectivity index (χ1v) is 5.16. The SMILES string of the molecule is CCC(C#N)C(=O)Nc1ccc(OC)c(F)c1. The fraction of sp³-hybridized carbons (Fsp3) is 0.333. The molecule has 1 amide bonds. The van der Waals surface area contributed by atoms with Crippen molar-refractivity contribution >= 4 is 11.6 Å². The Morgan fingerprint density at radius 2 is 2.35 bits per heavy atom. The predicted octanol–water partition coefficient (Wildman–Crippen LogP) is 2.32. The first-order valence-electron chi connectivity index (χ1n) is 5.16. The van der Waals surface area contributed by atoms with Gasteiger partial charge in [-0.3, -0.25) is 4.79 Å². The molecule has 0 saturated carbocycles. The molecule has 0 aromatic heterocycles. The number of halogens is 1. The molecule has 1 aromatic rings. The first kappa shape index (κ1) is 13.0. The van der Waals surface area contributed by atoms with E-state index in [1.807, 2.05) is 6.07 Å². The van der Waals surface area contributed by atoms with Gasteiger partial charge in [-0.05, 0) is 18.6 Å². The summed E-state index contributed by atoms with van der Waals surface area (Å²) in [5, 5.41) is 11.2. The Morgan fingerprint density at radius 1 is 1.65 bits per heavy atom. The van der Waals surface area contributed by atoms with Crippen LogP contribution in [0.5, 0.6) is 5.75 Å². The van der Waals surface area contributed by atoms with Crippen LogP contribution in [0.25, 0.3) is 0 Å². The standard InChI is InChI=1S/C12H13FN2O2/c1-3-8(7-14)12(16)15-9-4-5-11(17-2)10(13)6-9/h4-6,8H,3H2,1-2H3,(H,15,16). The van der Waals surface area contributed by atoms with Crippen molar-refractivity contribution < 1.29 is 13.9 Å². The largest absolute Gasteiger partial charge is 0.494 e. The van der Waals surface area contributed by atoms with Crippen LogP contribution in [0.15, 0.2) is 18.2 Å². The number of ether oxygens (including phenoxy) is 1. The van der Waals surface area contributed by atoms with Crippen LogP contribution in [0.1, 0.15) is 13.3 Å². The van der Waals surface area contributed by atoms with Crippen LogP contribution in [-0.4, -0.2) is 13.0 Å². The highest BCUT2D eigenvalue weighted by atomic mass is 19.1. The van der Waals surface area contributed by atoms with Crippen LogP contribution in [0.4, 0.5) is 10.1 Å². The highest BCUT2D eigenvalue weighted by Crippen LogP contribution is 2.21. The van der Waals surface area contributed by atoms with Gasteiger partial charge in [0.25, 0.3) is 0 Å². The quantitative estimate of drug-likeness (QED) is 0.872. The third-order valence-corrected chi connectivity index (χ3v) is 2.30. The van der Waals surface area contributed by atoms with E-state index in [0.717, 1.165) is 6.07 Å². The van der Waals surface area contributed by atoms with Crippen molar-refractivity contribution in [3.8, 4) is 11.8 Å². The molecule has 0 heterocycles. The minimum absolute atomic E-state index is 0.107. The van der Waals surface area contributed by atoms with Crippen molar-refractivity contribution in [2.24, 2.45) is 5.92 Å². The monoisotopic (exact) mass is 236 g/mol. The third kappa shape index (κ3) is 3.18. The highest BCUT2D eigenvalue weighted by molar-refractivity contribution is 5.94. The minimum atomic E-state index is -0.722. The summed E-state index contributed by atoms with van der Waals surface area (Å²) in [6.07, 6.45) is 0.418. The maximum Gasteiger partial charge on any atom is 0.241 e. The van der Waals surface area contributed by atoms with E-state index in [4.69, 9.17) is 10.00 Å². The zero-order valence-corrected chi connectivity index (χ0v) is 9.66. The zero-order chi connectivity index (χ0) is 12.8. The molecule has 0 aliphatic heterocycles. The number of methoxy groups -OCH3 is 1. The second-order valence-corrected chi connectivity index (χ2v) is 3.43. The molecule has 17 heavy (non-hydrogen) atoms. The van der Waals surface area contributed by atoms with Crippen LogP contribution in [0, 0.1) is 23.1 Å². The summed E-state index contributed by atoms with van der Waals surface area (Å²) in [4.78, 5) is 11.6. The zero-order valence-electron chi connectivity index (χ0n) is 9.66. The molecule has 1 rings (SSSR count). The van der Waals surface area contributed by atoms with Crippen LogP contribution in [0.2, 0.25) is 0 Å². The number of carbonyl (C=O) groups excluding carboxylic acids is 1. The maximum atomic E-state index is 13.3. The van der Waals surface area contributed by atoms with Gasteiger partial charge in [0.1, 0.15) is 5.92 Å². The van der Waals surface area contributed by atoms with Gasteiger partial charge in [0, 0.05) is 11.8 Å². The second kappa shape index (κ2) is 5.85. The Hall–Kier alpha value is -2.09. The summed E-state index contributed by atoms with van der Waals surface area (Å²) in [6.45, 7) is 1.74. The molecule has 0 radical (unpaired) electrons. The molecule has 1 atom stereocenters. The molecule has 5 heteroatoms. The molecule has 1 aromatic carbocycles. The topological polar surface area (TPSA) is 62.1 Å². The molecule has 4 nitrogen and oxygen atoms in total. The molecular weight excluding hydrogens is 223 g/mol. The molecule has 0 saturated heterocycles. The number of anilines is 1. The predicted molar refractivity (Wildman–Crippen MR) is 61.0 cm³/mol. The van der Waals surface area contributed by atoms with E-state index in [1.54, 1.807) is 6.92 Å².